The quantitative estimate of drug-likeness (QED) is 0.656. The molecule has 0 aliphatic carbocycles. The maximum atomic E-state index is 13.2. The molecule has 0 aliphatic heterocycles. The highest BCUT2D eigenvalue weighted by Gasteiger charge is 2.10. The Labute approximate surface area is 108 Å². The second-order valence-corrected chi connectivity index (χ2v) is 4.46. The van der Waals surface area contributed by atoms with Gasteiger partial charge < -0.3 is 10.2 Å². The van der Waals surface area contributed by atoms with Crippen LogP contribution in [0.4, 0.5) is 10.1 Å². The van der Waals surface area contributed by atoms with Gasteiger partial charge in [0.1, 0.15) is 17.2 Å². The van der Waals surface area contributed by atoms with Gasteiger partial charge in [0.2, 0.25) is 0 Å². The van der Waals surface area contributed by atoms with E-state index in [1.807, 2.05) is 0 Å². The van der Waals surface area contributed by atoms with Crippen LogP contribution < -0.4 is 5.73 Å². The van der Waals surface area contributed by atoms with Crippen LogP contribution in [0.3, 0.4) is 0 Å². The molecule has 4 heteroatoms. The van der Waals surface area contributed by atoms with E-state index in [2.05, 4.69) is 0 Å². The monoisotopic (exact) mass is 261 g/mol. The van der Waals surface area contributed by atoms with Crippen LogP contribution in [0.5, 0.6) is 0 Å². The molecule has 1 aromatic heterocycles. The lowest BCUT2D eigenvalue weighted by molar-refractivity contribution is 0.618. The highest BCUT2D eigenvalue weighted by molar-refractivity contribution is 6.31. The number of nitrogens with two attached hydrogens (primary N) is 1. The van der Waals surface area contributed by atoms with Crippen molar-refractivity contribution in [3.8, 4) is 11.3 Å². The molecule has 0 aliphatic rings. The third-order valence-electron chi connectivity index (χ3n) is 2.76. The van der Waals surface area contributed by atoms with Crippen molar-refractivity contribution in [1.82, 2.24) is 0 Å². The SMILES string of the molecule is Nc1ccc(F)cc1-c1cc2cc(Cl)ccc2o1. The lowest BCUT2D eigenvalue weighted by Crippen LogP contribution is -1.89. The molecule has 90 valence electrons. The fourth-order valence-corrected chi connectivity index (χ4v) is 2.07. The van der Waals surface area contributed by atoms with Crippen LogP contribution in [-0.4, -0.2) is 0 Å². The number of halogens is 2. The van der Waals surface area contributed by atoms with Gasteiger partial charge in [0, 0.05) is 21.7 Å². The first-order valence-corrected chi connectivity index (χ1v) is 5.76. The number of benzene rings is 2. The standard InChI is InChI=1S/C14H9ClFNO/c15-9-1-4-13-8(5-9)6-14(18-13)11-7-10(16)2-3-12(11)17/h1-7H,17H2. The molecular weight excluding hydrogens is 253 g/mol. The van der Waals surface area contributed by atoms with Gasteiger partial charge in [-0.2, -0.15) is 0 Å². The molecule has 0 saturated heterocycles. The van der Waals surface area contributed by atoms with Crippen molar-refractivity contribution < 1.29 is 8.81 Å². The predicted octanol–water partition coefficient (Wildman–Crippen LogP) is 4.47. The Hall–Kier alpha value is -2.00. The number of hydrogen-bond acceptors (Lipinski definition) is 2. The Kier molecular flexibility index (Phi) is 2.49. The molecule has 0 amide bonds. The third kappa shape index (κ3) is 1.83. The first-order chi connectivity index (χ1) is 8.63. The molecule has 1 heterocycles. The summed E-state index contributed by atoms with van der Waals surface area (Å²) < 4.78 is 18.9. The second kappa shape index (κ2) is 4.03. The van der Waals surface area contributed by atoms with E-state index in [9.17, 15) is 4.39 Å². The molecule has 3 aromatic rings. The lowest BCUT2D eigenvalue weighted by atomic mass is 10.1. The molecule has 0 bridgehead atoms. The van der Waals surface area contributed by atoms with Gasteiger partial charge in [-0.25, -0.2) is 4.39 Å². The minimum Gasteiger partial charge on any atom is -0.456 e. The summed E-state index contributed by atoms with van der Waals surface area (Å²) in [6, 6.07) is 11.3. The highest BCUT2D eigenvalue weighted by Crippen LogP contribution is 2.32. The first kappa shape index (κ1) is 11.1. The first-order valence-electron chi connectivity index (χ1n) is 5.38. The van der Waals surface area contributed by atoms with Crippen LogP contribution in [0, 0.1) is 5.82 Å². The second-order valence-electron chi connectivity index (χ2n) is 4.02. The Morgan fingerprint density at radius 1 is 1.06 bits per heavy atom. The molecule has 0 spiro atoms. The van der Waals surface area contributed by atoms with Crippen LogP contribution in [0.2, 0.25) is 5.02 Å². The summed E-state index contributed by atoms with van der Waals surface area (Å²) in [5.41, 5.74) is 7.53. The average molecular weight is 262 g/mol. The summed E-state index contributed by atoms with van der Waals surface area (Å²) in [5, 5.41) is 1.49. The van der Waals surface area contributed by atoms with Crippen molar-refractivity contribution in [2.45, 2.75) is 0 Å². The van der Waals surface area contributed by atoms with Crippen molar-refractivity contribution in [2.75, 3.05) is 5.73 Å². The van der Waals surface area contributed by atoms with Gasteiger partial charge >= 0.3 is 0 Å². The Balaban J connectivity index is 2.22. The number of rotatable bonds is 1. The summed E-state index contributed by atoms with van der Waals surface area (Å²) in [4.78, 5) is 0. The van der Waals surface area contributed by atoms with Gasteiger partial charge in [-0.15, -0.1) is 0 Å². The number of fused-ring (bicyclic) bond motifs is 1. The van der Waals surface area contributed by atoms with Crippen molar-refractivity contribution in [2.24, 2.45) is 0 Å². The van der Waals surface area contributed by atoms with Crippen molar-refractivity contribution >= 4 is 28.3 Å². The van der Waals surface area contributed by atoms with E-state index >= 15 is 0 Å². The zero-order chi connectivity index (χ0) is 12.7. The summed E-state index contributed by atoms with van der Waals surface area (Å²) in [7, 11) is 0. The molecule has 0 saturated carbocycles. The number of anilines is 1. The van der Waals surface area contributed by atoms with Crippen molar-refractivity contribution in [3.63, 3.8) is 0 Å². The molecule has 0 atom stereocenters. The van der Waals surface area contributed by atoms with Crippen LogP contribution in [-0.2, 0) is 0 Å². The van der Waals surface area contributed by atoms with E-state index in [1.165, 1.54) is 18.2 Å². The zero-order valence-electron chi connectivity index (χ0n) is 9.28. The van der Waals surface area contributed by atoms with Crippen LogP contribution in [0.25, 0.3) is 22.3 Å². The van der Waals surface area contributed by atoms with Crippen molar-refractivity contribution in [3.05, 3.63) is 53.3 Å². The van der Waals surface area contributed by atoms with Crippen LogP contribution in [0.1, 0.15) is 0 Å². The fraction of sp³-hybridized carbons (Fsp3) is 0. The molecule has 3 rings (SSSR count). The van der Waals surface area contributed by atoms with E-state index in [4.69, 9.17) is 21.8 Å². The predicted molar refractivity (Wildman–Crippen MR) is 71.0 cm³/mol. The molecule has 0 radical (unpaired) electrons. The fourth-order valence-electron chi connectivity index (χ4n) is 1.89. The minimum absolute atomic E-state index is 0.349. The Morgan fingerprint density at radius 3 is 2.72 bits per heavy atom. The third-order valence-corrected chi connectivity index (χ3v) is 2.99. The lowest BCUT2D eigenvalue weighted by Gasteiger charge is -2.01. The smallest absolute Gasteiger partial charge is 0.137 e. The Morgan fingerprint density at radius 2 is 1.89 bits per heavy atom. The molecule has 2 N–H and O–H groups in total. The highest BCUT2D eigenvalue weighted by atomic mass is 35.5. The average Bonchev–Trinajstić information content (AvgIpc) is 2.74. The molecule has 0 unspecified atom stereocenters. The van der Waals surface area contributed by atoms with Crippen LogP contribution in [0.15, 0.2) is 46.9 Å². The van der Waals surface area contributed by atoms with E-state index in [0.717, 1.165) is 5.39 Å². The maximum Gasteiger partial charge on any atom is 0.137 e. The van der Waals surface area contributed by atoms with E-state index in [-0.39, 0.29) is 5.82 Å². The van der Waals surface area contributed by atoms with Gasteiger partial charge in [-0.05, 0) is 42.5 Å². The molecule has 2 aromatic carbocycles. The molecule has 18 heavy (non-hydrogen) atoms. The summed E-state index contributed by atoms with van der Waals surface area (Å²) in [6.07, 6.45) is 0. The normalized spacial score (nSPS) is 11.0. The van der Waals surface area contributed by atoms with Gasteiger partial charge in [0.15, 0.2) is 0 Å². The van der Waals surface area contributed by atoms with Gasteiger partial charge in [0.05, 0.1) is 0 Å². The molecule has 2 nitrogen and oxygen atoms in total. The number of furan rings is 1. The van der Waals surface area contributed by atoms with Gasteiger partial charge in [-0.3, -0.25) is 0 Å². The van der Waals surface area contributed by atoms with Gasteiger partial charge in [0.25, 0.3) is 0 Å². The Bertz CT molecular complexity index is 736. The summed E-state index contributed by atoms with van der Waals surface area (Å²) in [6.45, 7) is 0. The molecule has 0 fully saturated rings. The summed E-state index contributed by atoms with van der Waals surface area (Å²) >= 11 is 5.90. The van der Waals surface area contributed by atoms with Crippen molar-refractivity contribution in [1.29, 1.82) is 0 Å². The van der Waals surface area contributed by atoms with E-state index in [1.54, 1.807) is 24.3 Å². The maximum absolute atomic E-state index is 13.2. The van der Waals surface area contributed by atoms with E-state index in [0.29, 0.717) is 27.6 Å². The minimum atomic E-state index is -0.349. The van der Waals surface area contributed by atoms with Gasteiger partial charge in [-0.1, -0.05) is 11.6 Å². The van der Waals surface area contributed by atoms with Crippen LogP contribution >= 0.6 is 11.6 Å². The van der Waals surface area contributed by atoms with E-state index < -0.39 is 0 Å². The zero-order valence-corrected chi connectivity index (χ0v) is 10.0. The number of nitrogen functional groups attached to an aromatic ring is 1. The number of hydrogen-bond donors (Lipinski definition) is 1. The molecular formula is C14H9ClFNO. The topological polar surface area (TPSA) is 39.2 Å². The largest absolute Gasteiger partial charge is 0.456 e. The summed E-state index contributed by atoms with van der Waals surface area (Å²) in [5.74, 6) is 0.182.